The van der Waals surface area contributed by atoms with Crippen LogP contribution in [-0.2, 0) is 11.2 Å². The molecule has 1 aliphatic rings. The van der Waals surface area contributed by atoms with Gasteiger partial charge in [-0.1, -0.05) is 19.0 Å². The van der Waals surface area contributed by atoms with Gasteiger partial charge in [-0.15, -0.1) is 0 Å². The van der Waals surface area contributed by atoms with Gasteiger partial charge in [0, 0.05) is 18.4 Å². The molecular formula is C14H24N4O2. The number of hydrogen-bond donors (Lipinski definition) is 2. The van der Waals surface area contributed by atoms with E-state index in [0.717, 1.165) is 25.9 Å². The number of amides is 1. The Kier molecular flexibility index (Phi) is 4.75. The zero-order valence-corrected chi connectivity index (χ0v) is 12.5. The molecule has 1 unspecified atom stereocenters. The molecule has 112 valence electrons. The number of carbonyl (C=O) groups excluding carboxylic acids is 1. The minimum atomic E-state index is -0.349. The number of rotatable bonds is 5. The minimum Gasteiger partial charge on any atom is -0.355 e. The van der Waals surface area contributed by atoms with Gasteiger partial charge in [0.15, 0.2) is 5.82 Å². The van der Waals surface area contributed by atoms with E-state index in [1.807, 2.05) is 13.8 Å². The average Bonchev–Trinajstić information content (AvgIpc) is 2.85. The van der Waals surface area contributed by atoms with E-state index < -0.39 is 0 Å². The molecule has 1 saturated heterocycles. The molecule has 1 fully saturated rings. The molecule has 0 aliphatic carbocycles. The topological polar surface area (TPSA) is 80.0 Å². The lowest BCUT2D eigenvalue weighted by molar-refractivity contribution is -0.132. The fraction of sp³-hybridized carbons (Fsp3) is 0.786. The first-order valence-corrected chi connectivity index (χ1v) is 7.28. The Hall–Kier alpha value is -1.43. The van der Waals surface area contributed by atoms with Crippen LogP contribution in [0.3, 0.4) is 0 Å². The molecule has 0 spiro atoms. The first-order chi connectivity index (χ1) is 9.50. The van der Waals surface area contributed by atoms with Gasteiger partial charge in [-0.25, -0.2) is 0 Å². The molecule has 1 aromatic rings. The van der Waals surface area contributed by atoms with Crippen LogP contribution in [0.25, 0.3) is 0 Å². The number of piperidine rings is 1. The summed E-state index contributed by atoms with van der Waals surface area (Å²) < 4.78 is 5.03. The summed E-state index contributed by atoms with van der Waals surface area (Å²) in [6, 6.07) is 0. The predicted molar refractivity (Wildman–Crippen MR) is 75.1 cm³/mol. The molecular weight excluding hydrogens is 256 g/mol. The Morgan fingerprint density at radius 2 is 2.35 bits per heavy atom. The highest BCUT2D eigenvalue weighted by Gasteiger charge is 2.36. The van der Waals surface area contributed by atoms with Crippen LogP contribution < -0.4 is 10.6 Å². The number of hydrogen-bond acceptors (Lipinski definition) is 5. The molecule has 20 heavy (non-hydrogen) atoms. The molecule has 1 aliphatic heterocycles. The van der Waals surface area contributed by atoms with E-state index in [9.17, 15) is 4.79 Å². The normalized spacial score (nSPS) is 19.9. The third-order valence-electron chi connectivity index (χ3n) is 4.10. The third-order valence-corrected chi connectivity index (χ3v) is 4.10. The Bertz CT molecular complexity index is 450. The van der Waals surface area contributed by atoms with Crippen molar-refractivity contribution in [3.8, 4) is 0 Å². The van der Waals surface area contributed by atoms with Crippen molar-refractivity contribution in [1.82, 2.24) is 20.8 Å². The largest absolute Gasteiger partial charge is 0.355 e. The Morgan fingerprint density at radius 3 is 2.95 bits per heavy atom. The second kappa shape index (κ2) is 6.35. The zero-order chi connectivity index (χ0) is 14.6. The van der Waals surface area contributed by atoms with Gasteiger partial charge in [0.25, 0.3) is 0 Å². The number of nitrogens with one attached hydrogen (secondary N) is 2. The summed E-state index contributed by atoms with van der Waals surface area (Å²) in [6.07, 6.45) is 2.82. The van der Waals surface area contributed by atoms with Gasteiger partial charge in [0.2, 0.25) is 11.8 Å². The second-order valence-corrected chi connectivity index (χ2v) is 6.01. The summed E-state index contributed by atoms with van der Waals surface area (Å²) in [7, 11) is 0. The molecule has 0 radical (unpaired) electrons. The zero-order valence-electron chi connectivity index (χ0n) is 12.5. The molecule has 2 N–H and O–H groups in total. The lowest BCUT2D eigenvalue weighted by Gasteiger charge is -2.36. The van der Waals surface area contributed by atoms with Gasteiger partial charge in [-0.05, 0) is 38.8 Å². The van der Waals surface area contributed by atoms with E-state index in [0.29, 0.717) is 30.6 Å². The maximum Gasteiger partial charge on any atom is 0.228 e. The van der Waals surface area contributed by atoms with Crippen molar-refractivity contribution >= 4 is 5.91 Å². The quantitative estimate of drug-likeness (QED) is 0.843. The maximum atomic E-state index is 12.4. The smallest absolute Gasteiger partial charge is 0.228 e. The molecule has 2 heterocycles. The van der Waals surface area contributed by atoms with Crippen molar-refractivity contribution in [3.05, 3.63) is 11.7 Å². The average molecular weight is 280 g/mol. The third kappa shape index (κ3) is 3.56. The van der Waals surface area contributed by atoms with Gasteiger partial charge in [0.1, 0.15) is 0 Å². The predicted octanol–water partition coefficient (Wildman–Crippen LogP) is 1.06. The van der Waals surface area contributed by atoms with Crippen LogP contribution in [0.5, 0.6) is 0 Å². The van der Waals surface area contributed by atoms with Crippen LogP contribution in [0.1, 0.15) is 38.4 Å². The lowest BCUT2D eigenvalue weighted by Crippen LogP contribution is -2.47. The minimum absolute atomic E-state index is 0.0995. The molecule has 1 amide bonds. The highest BCUT2D eigenvalue weighted by molar-refractivity contribution is 5.82. The first kappa shape index (κ1) is 15.0. The summed E-state index contributed by atoms with van der Waals surface area (Å²) in [4.78, 5) is 16.5. The molecule has 1 atom stereocenters. The summed E-state index contributed by atoms with van der Waals surface area (Å²) in [5.41, 5.74) is -0.349. The van der Waals surface area contributed by atoms with Crippen LogP contribution in [0.2, 0.25) is 0 Å². The standard InChI is InChI=1S/C14H24N4O2/c1-10-17-12(20-18-10)6-8-16-13(19)14(2,3)11-5-4-7-15-9-11/h11,15H,4-9H2,1-3H3,(H,16,19). The van der Waals surface area contributed by atoms with Crippen LogP contribution >= 0.6 is 0 Å². The van der Waals surface area contributed by atoms with Gasteiger partial charge >= 0.3 is 0 Å². The molecule has 2 rings (SSSR count). The van der Waals surface area contributed by atoms with Gasteiger partial charge < -0.3 is 15.2 Å². The SMILES string of the molecule is Cc1noc(CCNC(=O)C(C)(C)C2CCCNC2)n1. The highest BCUT2D eigenvalue weighted by Crippen LogP contribution is 2.31. The Labute approximate surface area is 119 Å². The van der Waals surface area contributed by atoms with Crippen LogP contribution in [-0.4, -0.2) is 35.7 Å². The highest BCUT2D eigenvalue weighted by atomic mass is 16.5. The van der Waals surface area contributed by atoms with Gasteiger partial charge in [-0.3, -0.25) is 4.79 Å². The second-order valence-electron chi connectivity index (χ2n) is 6.01. The van der Waals surface area contributed by atoms with E-state index >= 15 is 0 Å². The van der Waals surface area contributed by atoms with Gasteiger partial charge in [-0.2, -0.15) is 4.98 Å². The summed E-state index contributed by atoms with van der Waals surface area (Å²) in [5.74, 6) is 1.68. The summed E-state index contributed by atoms with van der Waals surface area (Å²) in [6.45, 7) is 8.34. The number of aryl methyl sites for hydroxylation is 1. The van der Waals surface area contributed by atoms with Crippen molar-refractivity contribution in [2.75, 3.05) is 19.6 Å². The lowest BCUT2D eigenvalue weighted by atomic mass is 9.74. The first-order valence-electron chi connectivity index (χ1n) is 7.28. The number of aromatic nitrogens is 2. The van der Waals surface area contributed by atoms with Crippen LogP contribution in [0.4, 0.5) is 0 Å². The molecule has 0 saturated carbocycles. The van der Waals surface area contributed by atoms with Gasteiger partial charge in [0.05, 0.1) is 0 Å². The number of carbonyl (C=O) groups is 1. The van der Waals surface area contributed by atoms with Crippen LogP contribution in [0, 0.1) is 18.3 Å². The summed E-state index contributed by atoms with van der Waals surface area (Å²) in [5, 5.41) is 10.1. The van der Waals surface area contributed by atoms with Crippen molar-refractivity contribution in [2.24, 2.45) is 11.3 Å². The maximum absolute atomic E-state index is 12.4. The number of nitrogens with zero attached hydrogens (tertiary/aromatic N) is 2. The van der Waals surface area contributed by atoms with E-state index in [2.05, 4.69) is 20.8 Å². The molecule has 6 heteroatoms. The van der Waals surface area contributed by atoms with Crippen LogP contribution in [0.15, 0.2) is 4.52 Å². The monoisotopic (exact) mass is 280 g/mol. The Morgan fingerprint density at radius 1 is 1.55 bits per heavy atom. The van der Waals surface area contributed by atoms with E-state index in [1.54, 1.807) is 6.92 Å². The molecule has 0 bridgehead atoms. The molecule has 6 nitrogen and oxygen atoms in total. The van der Waals surface area contributed by atoms with E-state index in [1.165, 1.54) is 0 Å². The van der Waals surface area contributed by atoms with Crippen molar-refractivity contribution < 1.29 is 9.32 Å². The van der Waals surface area contributed by atoms with Crippen molar-refractivity contribution in [2.45, 2.75) is 40.0 Å². The van der Waals surface area contributed by atoms with E-state index in [4.69, 9.17) is 4.52 Å². The fourth-order valence-corrected chi connectivity index (χ4v) is 2.61. The van der Waals surface area contributed by atoms with Crippen molar-refractivity contribution in [3.63, 3.8) is 0 Å². The summed E-state index contributed by atoms with van der Waals surface area (Å²) >= 11 is 0. The van der Waals surface area contributed by atoms with Crippen molar-refractivity contribution in [1.29, 1.82) is 0 Å². The molecule has 1 aromatic heterocycles. The fourth-order valence-electron chi connectivity index (χ4n) is 2.61. The Balaban J connectivity index is 1.80. The van der Waals surface area contributed by atoms with E-state index in [-0.39, 0.29) is 11.3 Å². The molecule has 0 aromatic carbocycles.